The van der Waals surface area contributed by atoms with E-state index in [-0.39, 0.29) is 29.5 Å². The Morgan fingerprint density at radius 3 is 2.13 bits per heavy atom. The van der Waals surface area contributed by atoms with E-state index in [1.54, 1.807) is 0 Å². The van der Waals surface area contributed by atoms with Crippen molar-refractivity contribution in [2.75, 3.05) is 0 Å². The van der Waals surface area contributed by atoms with Crippen molar-refractivity contribution >= 4 is 5.97 Å². The highest BCUT2D eigenvalue weighted by Crippen LogP contribution is 2.60. The summed E-state index contributed by atoms with van der Waals surface area (Å²) in [6.45, 7) is 0.331. The number of aromatic nitrogens is 1. The quantitative estimate of drug-likeness (QED) is 0.683. The molecule has 2 bridgehead atoms. The van der Waals surface area contributed by atoms with Crippen molar-refractivity contribution in [3.05, 3.63) is 11.1 Å². The summed E-state index contributed by atoms with van der Waals surface area (Å²) in [5, 5.41) is 40.8. The number of carboxylic acid groups (broad SMARTS) is 1. The highest BCUT2D eigenvalue weighted by atomic mass is 16.4. The molecule has 23 heavy (non-hydrogen) atoms. The van der Waals surface area contributed by atoms with Crippen molar-refractivity contribution < 1.29 is 25.2 Å². The van der Waals surface area contributed by atoms with Gasteiger partial charge in [0.25, 0.3) is 0 Å². The summed E-state index contributed by atoms with van der Waals surface area (Å²) in [4.78, 5) is 11.5. The second-order valence-corrected chi connectivity index (χ2v) is 7.36. The fraction of sp³-hybridized carbons (Fsp3) is 0.706. The molecule has 0 saturated heterocycles. The molecule has 3 unspecified atom stereocenters. The number of hydrogen-bond acceptors (Lipinski definition) is 4. The lowest BCUT2D eigenvalue weighted by Gasteiger charge is -2.29. The van der Waals surface area contributed by atoms with Gasteiger partial charge in [-0.3, -0.25) is 9.36 Å². The van der Waals surface area contributed by atoms with Crippen LogP contribution in [0.2, 0.25) is 0 Å². The minimum absolute atomic E-state index is 0.0264. The molecule has 0 aromatic carbocycles. The Balaban J connectivity index is 1.66. The zero-order valence-electron chi connectivity index (χ0n) is 13.0. The molecule has 126 valence electrons. The predicted octanol–water partition coefficient (Wildman–Crippen LogP) is 2.13. The molecule has 3 aliphatic rings. The van der Waals surface area contributed by atoms with Gasteiger partial charge in [-0.15, -0.1) is 0 Å². The van der Waals surface area contributed by atoms with E-state index in [9.17, 15) is 25.2 Å². The molecule has 4 N–H and O–H groups in total. The molecule has 0 spiro atoms. The number of aliphatic hydroxyl groups excluding tert-OH is 1. The van der Waals surface area contributed by atoms with E-state index in [2.05, 4.69) is 0 Å². The average Bonchev–Trinajstić information content (AvgIpc) is 3.12. The second kappa shape index (κ2) is 5.16. The van der Waals surface area contributed by atoms with Crippen LogP contribution in [0.5, 0.6) is 11.8 Å². The van der Waals surface area contributed by atoms with Crippen molar-refractivity contribution in [1.29, 1.82) is 0 Å². The molecule has 0 radical (unpaired) electrons. The molecule has 6 heteroatoms. The third kappa shape index (κ3) is 2.00. The van der Waals surface area contributed by atoms with Gasteiger partial charge in [0.15, 0.2) is 11.8 Å². The number of rotatable bonds is 3. The number of aromatic hydroxyl groups is 2. The highest BCUT2D eigenvalue weighted by Gasteiger charge is 2.50. The van der Waals surface area contributed by atoms with Crippen LogP contribution >= 0.6 is 0 Å². The molecule has 1 heterocycles. The largest absolute Gasteiger partial charge is 0.494 e. The first-order chi connectivity index (χ1) is 11.0. The summed E-state index contributed by atoms with van der Waals surface area (Å²) in [5.41, 5.74) is 1.38. The minimum atomic E-state index is -0.788. The first-order valence-electron chi connectivity index (χ1n) is 8.55. The third-order valence-corrected chi connectivity index (χ3v) is 6.28. The van der Waals surface area contributed by atoms with E-state index in [4.69, 9.17) is 0 Å². The van der Waals surface area contributed by atoms with Crippen LogP contribution in [0.4, 0.5) is 0 Å². The van der Waals surface area contributed by atoms with E-state index in [0.717, 1.165) is 32.1 Å². The van der Waals surface area contributed by atoms with Crippen LogP contribution in [-0.2, 0) is 11.3 Å². The van der Waals surface area contributed by atoms with Crippen molar-refractivity contribution in [3.63, 3.8) is 0 Å². The molecule has 4 rings (SSSR count). The van der Waals surface area contributed by atoms with Gasteiger partial charge >= 0.3 is 5.97 Å². The lowest BCUT2D eigenvalue weighted by molar-refractivity contribution is -0.145. The summed E-state index contributed by atoms with van der Waals surface area (Å²) in [6.07, 6.45) is 4.52. The number of nitrogens with zero attached hydrogens (tertiary/aromatic N) is 1. The van der Waals surface area contributed by atoms with Crippen molar-refractivity contribution in [3.8, 4) is 11.8 Å². The maximum Gasteiger partial charge on any atom is 0.306 e. The van der Waals surface area contributed by atoms with Crippen LogP contribution in [0.25, 0.3) is 0 Å². The van der Waals surface area contributed by atoms with E-state index < -0.39 is 18.0 Å². The van der Waals surface area contributed by atoms with Gasteiger partial charge < -0.3 is 20.4 Å². The van der Waals surface area contributed by atoms with Gasteiger partial charge in [-0.2, -0.15) is 0 Å². The Kier molecular flexibility index (Phi) is 3.34. The van der Waals surface area contributed by atoms with Gasteiger partial charge in [0.05, 0.1) is 12.0 Å². The molecule has 0 amide bonds. The van der Waals surface area contributed by atoms with Gasteiger partial charge in [0.1, 0.15) is 0 Å². The molecule has 5 atom stereocenters. The van der Waals surface area contributed by atoms with Crippen molar-refractivity contribution in [1.82, 2.24) is 4.57 Å². The van der Waals surface area contributed by atoms with Gasteiger partial charge in [-0.25, -0.2) is 0 Å². The predicted molar refractivity (Wildman–Crippen MR) is 81.6 cm³/mol. The number of aliphatic carboxylic acids is 1. The lowest BCUT2D eigenvalue weighted by Crippen LogP contribution is -2.30. The maximum atomic E-state index is 11.5. The Morgan fingerprint density at radius 1 is 1.00 bits per heavy atom. The van der Waals surface area contributed by atoms with Crippen LogP contribution in [0.15, 0.2) is 0 Å². The molecular weight excluding hydrogens is 298 g/mol. The van der Waals surface area contributed by atoms with Gasteiger partial charge in [0, 0.05) is 29.5 Å². The lowest BCUT2D eigenvalue weighted by atomic mass is 9.79. The molecule has 1 aromatic rings. The number of carboxylic acids is 1. The van der Waals surface area contributed by atoms with Gasteiger partial charge in [-0.05, 0) is 31.6 Å². The highest BCUT2D eigenvalue weighted by molar-refractivity contribution is 5.70. The number of hydrogen-bond donors (Lipinski definition) is 4. The van der Waals surface area contributed by atoms with Gasteiger partial charge in [-0.1, -0.05) is 12.8 Å². The Hall–Kier alpha value is -1.69. The minimum Gasteiger partial charge on any atom is -0.494 e. The molecule has 6 nitrogen and oxygen atoms in total. The third-order valence-electron chi connectivity index (χ3n) is 6.28. The fourth-order valence-corrected chi connectivity index (χ4v) is 5.13. The van der Waals surface area contributed by atoms with Crippen molar-refractivity contribution in [2.24, 2.45) is 11.8 Å². The first-order valence-corrected chi connectivity index (χ1v) is 8.55. The van der Waals surface area contributed by atoms with Crippen LogP contribution in [0.3, 0.4) is 0 Å². The van der Waals surface area contributed by atoms with Crippen LogP contribution < -0.4 is 0 Å². The van der Waals surface area contributed by atoms with Crippen LogP contribution in [0, 0.1) is 11.8 Å². The molecule has 3 aliphatic carbocycles. The smallest absolute Gasteiger partial charge is 0.306 e. The Bertz CT molecular complexity index is 616. The zero-order chi connectivity index (χ0) is 16.3. The topological polar surface area (TPSA) is 103 Å². The Labute approximate surface area is 134 Å². The zero-order valence-corrected chi connectivity index (χ0v) is 13.0. The van der Waals surface area contributed by atoms with Crippen molar-refractivity contribution in [2.45, 2.75) is 63.0 Å². The number of aliphatic hydroxyl groups is 1. The SMILES string of the molecule is O=C(O)C1CCCCC1Cn1c(O)c2c(c1O)[C@@H]1CC[C@H]2C1O. The standard InChI is InChI=1S/C17H23NO5/c19-14-10-5-6-11(14)13-12(10)15(20)18(16(13)21)7-8-3-1-2-4-9(8)17(22)23/h8-11,14,19-21H,1-7H2,(H,22,23)/t8?,9?,10-,11+,14?. The molecule has 2 saturated carbocycles. The molecule has 2 fully saturated rings. The van der Waals surface area contributed by atoms with E-state index in [0.29, 0.717) is 24.1 Å². The summed E-state index contributed by atoms with van der Waals surface area (Å²) >= 11 is 0. The van der Waals surface area contributed by atoms with Gasteiger partial charge in [0.2, 0.25) is 0 Å². The van der Waals surface area contributed by atoms with Crippen LogP contribution in [0.1, 0.15) is 61.5 Å². The fourth-order valence-electron chi connectivity index (χ4n) is 5.13. The average molecular weight is 321 g/mol. The van der Waals surface area contributed by atoms with Crippen LogP contribution in [-0.4, -0.2) is 37.1 Å². The Morgan fingerprint density at radius 2 is 1.57 bits per heavy atom. The van der Waals surface area contributed by atoms with E-state index in [1.807, 2.05) is 0 Å². The first kappa shape index (κ1) is 14.9. The maximum absolute atomic E-state index is 11.5. The molecule has 1 aromatic heterocycles. The normalized spacial score (nSPS) is 35.4. The second-order valence-electron chi connectivity index (χ2n) is 7.36. The molecule has 0 aliphatic heterocycles. The van der Waals surface area contributed by atoms with E-state index >= 15 is 0 Å². The summed E-state index contributed by atoms with van der Waals surface area (Å²) in [5.74, 6) is -1.41. The molecular formula is C17H23NO5. The number of fused-ring (bicyclic) bond motifs is 5. The van der Waals surface area contributed by atoms with E-state index in [1.165, 1.54) is 4.57 Å². The summed E-state index contributed by atoms with van der Waals surface area (Å²) in [7, 11) is 0. The monoisotopic (exact) mass is 321 g/mol. The number of carbonyl (C=O) groups is 1. The summed E-state index contributed by atoms with van der Waals surface area (Å²) < 4.78 is 1.48. The summed E-state index contributed by atoms with van der Waals surface area (Å²) in [6, 6.07) is 0.